The van der Waals surface area contributed by atoms with Gasteiger partial charge < -0.3 is 4.90 Å². The van der Waals surface area contributed by atoms with Crippen LogP contribution in [0.4, 0.5) is 4.39 Å². The number of halogens is 1. The smallest absolute Gasteiger partial charge is 0.254 e. The topological polar surface area (TPSA) is 20.3 Å². The van der Waals surface area contributed by atoms with E-state index in [1.54, 1.807) is 18.2 Å². The molecule has 0 fully saturated rings. The van der Waals surface area contributed by atoms with Crippen LogP contribution in [0, 0.1) is 5.82 Å². The molecule has 0 radical (unpaired) electrons. The lowest BCUT2D eigenvalue weighted by molar-refractivity contribution is 0.0790. The summed E-state index contributed by atoms with van der Waals surface area (Å²) in [7, 11) is 0. The predicted octanol–water partition coefficient (Wildman–Crippen LogP) is 2.64. The summed E-state index contributed by atoms with van der Waals surface area (Å²) < 4.78 is 13.0. The number of hydrogen-bond acceptors (Lipinski definition) is 1. The summed E-state index contributed by atoms with van der Waals surface area (Å²) >= 11 is 0. The molecule has 84 valence electrons. The van der Waals surface area contributed by atoms with Gasteiger partial charge in [0.15, 0.2) is 0 Å². The lowest BCUT2D eigenvalue weighted by Gasteiger charge is -2.19. The fourth-order valence-corrected chi connectivity index (χ4v) is 1.36. The SMILES string of the molecule is C=CCN(CC=C)C(=O)c1cccc(F)c1. The Hall–Kier alpha value is -1.90. The predicted molar refractivity (Wildman–Crippen MR) is 62.7 cm³/mol. The Kier molecular flexibility index (Phi) is 4.45. The molecule has 0 spiro atoms. The molecular formula is C13H14FNO. The van der Waals surface area contributed by atoms with E-state index in [1.807, 2.05) is 0 Å². The molecular weight excluding hydrogens is 205 g/mol. The van der Waals surface area contributed by atoms with Crippen molar-refractivity contribution in [3.63, 3.8) is 0 Å². The lowest BCUT2D eigenvalue weighted by Crippen LogP contribution is -2.31. The van der Waals surface area contributed by atoms with Crippen LogP contribution >= 0.6 is 0 Å². The van der Waals surface area contributed by atoms with E-state index < -0.39 is 5.82 Å². The number of rotatable bonds is 5. The van der Waals surface area contributed by atoms with Crippen molar-refractivity contribution in [2.75, 3.05) is 13.1 Å². The molecule has 2 nitrogen and oxygen atoms in total. The standard InChI is InChI=1S/C13H14FNO/c1-3-8-15(9-4-2)13(16)11-6-5-7-12(14)10-11/h3-7,10H,1-2,8-9H2. The van der Waals surface area contributed by atoms with Gasteiger partial charge in [-0.15, -0.1) is 13.2 Å². The minimum absolute atomic E-state index is 0.223. The normalized spacial score (nSPS) is 9.56. The van der Waals surface area contributed by atoms with Gasteiger partial charge in [0.2, 0.25) is 0 Å². The van der Waals surface area contributed by atoms with Gasteiger partial charge in [0, 0.05) is 18.7 Å². The molecule has 1 rings (SSSR count). The Morgan fingerprint density at radius 2 is 1.94 bits per heavy atom. The van der Waals surface area contributed by atoms with Crippen molar-refractivity contribution in [1.82, 2.24) is 4.90 Å². The fourth-order valence-electron chi connectivity index (χ4n) is 1.36. The van der Waals surface area contributed by atoms with Gasteiger partial charge >= 0.3 is 0 Å². The van der Waals surface area contributed by atoms with Gasteiger partial charge in [-0.2, -0.15) is 0 Å². The quantitative estimate of drug-likeness (QED) is 0.697. The van der Waals surface area contributed by atoms with Gasteiger partial charge in [-0.1, -0.05) is 18.2 Å². The zero-order chi connectivity index (χ0) is 12.0. The molecule has 1 aromatic carbocycles. The molecule has 16 heavy (non-hydrogen) atoms. The van der Waals surface area contributed by atoms with E-state index in [2.05, 4.69) is 13.2 Å². The zero-order valence-corrected chi connectivity index (χ0v) is 9.03. The number of amides is 1. The largest absolute Gasteiger partial charge is 0.331 e. The first-order chi connectivity index (χ1) is 7.69. The monoisotopic (exact) mass is 219 g/mol. The first-order valence-corrected chi connectivity index (χ1v) is 4.95. The molecule has 0 atom stereocenters. The van der Waals surface area contributed by atoms with Crippen molar-refractivity contribution in [1.29, 1.82) is 0 Å². The minimum Gasteiger partial charge on any atom is -0.331 e. The summed E-state index contributed by atoms with van der Waals surface area (Å²) in [5.74, 6) is -0.637. The van der Waals surface area contributed by atoms with Crippen LogP contribution in [-0.4, -0.2) is 23.9 Å². The Bertz CT molecular complexity index is 391. The molecule has 1 amide bonds. The van der Waals surface area contributed by atoms with Gasteiger partial charge in [0.05, 0.1) is 0 Å². The summed E-state index contributed by atoms with van der Waals surface area (Å²) in [5.41, 5.74) is 0.337. The molecule has 1 aromatic rings. The molecule has 0 aliphatic rings. The van der Waals surface area contributed by atoms with Crippen LogP contribution in [0.2, 0.25) is 0 Å². The van der Waals surface area contributed by atoms with Crippen molar-refractivity contribution < 1.29 is 9.18 Å². The Morgan fingerprint density at radius 3 is 2.44 bits per heavy atom. The van der Waals surface area contributed by atoms with E-state index in [1.165, 1.54) is 23.1 Å². The van der Waals surface area contributed by atoms with E-state index >= 15 is 0 Å². The lowest BCUT2D eigenvalue weighted by atomic mass is 10.2. The van der Waals surface area contributed by atoms with Gasteiger partial charge in [0.25, 0.3) is 5.91 Å². The molecule has 0 heterocycles. The van der Waals surface area contributed by atoms with Crippen molar-refractivity contribution in [3.05, 3.63) is 61.0 Å². The van der Waals surface area contributed by atoms with Gasteiger partial charge in [-0.25, -0.2) is 4.39 Å². The Morgan fingerprint density at radius 1 is 1.31 bits per heavy atom. The number of benzene rings is 1. The van der Waals surface area contributed by atoms with Crippen molar-refractivity contribution in [2.24, 2.45) is 0 Å². The molecule has 0 aromatic heterocycles. The first kappa shape index (κ1) is 12.2. The highest BCUT2D eigenvalue weighted by Crippen LogP contribution is 2.07. The third-order valence-electron chi connectivity index (χ3n) is 2.06. The van der Waals surface area contributed by atoms with E-state index in [-0.39, 0.29) is 5.91 Å². The second-order valence-corrected chi connectivity index (χ2v) is 3.30. The molecule has 0 saturated heterocycles. The van der Waals surface area contributed by atoms with E-state index in [0.29, 0.717) is 18.7 Å². The molecule has 3 heteroatoms. The highest BCUT2D eigenvalue weighted by molar-refractivity contribution is 5.94. The van der Waals surface area contributed by atoms with Crippen LogP contribution in [0.25, 0.3) is 0 Å². The van der Waals surface area contributed by atoms with Crippen molar-refractivity contribution in [3.8, 4) is 0 Å². The highest BCUT2D eigenvalue weighted by atomic mass is 19.1. The summed E-state index contributed by atoms with van der Waals surface area (Å²) in [5, 5.41) is 0. The average molecular weight is 219 g/mol. The van der Waals surface area contributed by atoms with Crippen LogP contribution < -0.4 is 0 Å². The average Bonchev–Trinajstić information content (AvgIpc) is 2.28. The molecule has 0 saturated carbocycles. The Labute approximate surface area is 94.7 Å². The van der Waals surface area contributed by atoms with Gasteiger partial charge in [-0.3, -0.25) is 4.79 Å². The minimum atomic E-state index is -0.414. The number of nitrogens with zero attached hydrogens (tertiary/aromatic N) is 1. The third kappa shape index (κ3) is 3.05. The summed E-state index contributed by atoms with van der Waals surface area (Å²) in [6.45, 7) is 7.98. The maximum Gasteiger partial charge on any atom is 0.254 e. The summed E-state index contributed by atoms with van der Waals surface area (Å²) in [6, 6.07) is 5.64. The van der Waals surface area contributed by atoms with Crippen LogP contribution in [0.15, 0.2) is 49.6 Å². The molecule has 0 unspecified atom stereocenters. The Balaban J connectivity index is 2.89. The maximum absolute atomic E-state index is 13.0. The first-order valence-electron chi connectivity index (χ1n) is 4.95. The fraction of sp³-hybridized carbons (Fsp3) is 0.154. The zero-order valence-electron chi connectivity index (χ0n) is 9.03. The van der Waals surface area contributed by atoms with Crippen LogP contribution in [0.5, 0.6) is 0 Å². The third-order valence-corrected chi connectivity index (χ3v) is 2.06. The van der Waals surface area contributed by atoms with E-state index in [9.17, 15) is 9.18 Å². The van der Waals surface area contributed by atoms with Gasteiger partial charge in [-0.05, 0) is 18.2 Å². The van der Waals surface area contributed by atoms with E-state index in [0.717, 1.165) is 0 Å². The van der Waals surface area contributed by atoms with Crippen LogP contribution in [0.3, 0.4) is 0 Å². The maximum atomic E-state index is 13.0. The number of carbonyl (C=O) groups excluding carboxylic acids is 1. The summed E-state index contributed by atoms with van der Waals surface area (Å²) in [6.07, 6.45) is 3.25. The second kappa shape index (κ2) is 5.85. The van der Waals surface area contributed by atoms with Crippen LogP contribution in [0.1, 0.15) is 10.4 Å². The van der Waals surface area contributed by atoms with Crippen molar-refractivity contribution in [2.45, 2.75) is 0 Å². The van der Waals surface area contributed by atoms with Crippen LogP contribution in [-0.2, 0) is 0 Å². The molecule has 0 aliphatic carbocycles. The summed E-state index contributed by atoms with van der Waals surface area (Å²) in [4.78, 5) is 13.5. The molecule has 0 aliphatic heterocycles. The second-order valence-electron chi connectivity index (χ2n) is 3.30. The van der Waals surface area contributed by atoms with E-state index in [4.69, 9.17) is 0 Å². The highest BCUT2D eigenvalue weighted by Gasteiger charge is 2.13. The van der Waals surface area contributed by atoms with Crippen molar-refractivity contribution >= 4 is 5.91 Å². The molecule has 0 N–H and O–H groups in total. The number of carbonyl (C=O) groups is 1. The molecule has 0 bridgehead atoms. The number of hydrogen-bond donors (Lipinski definition) is 0. The van der Waals surface area contributed by atoms with Gasteiger partial charge in [0.1, 0.15) is 5.82 Å².